The minimum Gasteiger partial charge on any atom is -0.493 e. The first-order valence-corrected chi connectivity index (χ1v) is 20.2. The van der Waals surface area contributed by atoms with Gasteiger partial charge < -0.3 is 25.0 Å². The topological polar surface area (TPSA) is 134 Å². The number of carboxylic acids is 3. The molecule has 2 aliphatic heterocycles. The number of aryl methyl sites for hydroxylation is 1. The lowest BCUT2D eigenvalue weighted by atomic mass is 9.95. The number of carbonyl (C=O) groups is 3. The highest BCUT2D eigenvalue weighted by molar-refractivity contribution is 5.78. The summed E-state index contributed by atoms with van der Waals surface area (Å²) in [6.07, 6.45) is 10.8. The highest BCUT2D eigenvalue weighted by Gasteiger charge is 2.29. The molecule has 0 aromatic heterocycles. The van der Waals surface area contributed by atoms with Gasteiger partial charge in [0, 0.05) is 51.4 Å². The van der Waals surface area contributed by atoms with Crippen LogP contribution in [0.25, 0.3) is 23.3 Å². The number of carboxylic acid groups (broad SMARTS) is 3. The summed E-state index contributed by atoms with van der Waals surface area (Å²) >= 11 is 0. The Morgan fingerprint density at radius 1 is 0.714 bits per heavy atom. The van der Waals surface area contributed by atoms with Crippen LogP contribution in [-0.4, -0.2) is 131 Å². The third kappa shape index (κ3) is 13.0. The van der Waals surface area contributed by atoms with Crippen LogP contribution in [0.4, 0.5) is 0 Å². The van der Waals surface area contributed by atoms with Crippen molar-refractivity contribution in [1.82, 2.24) is 19.6 Å². The van der Waals surface area contributed by atoms with Gasteiger partial charge in [0.05, 0.1) is 19.7 Å². The second kappa shape index (κ2) is 21.7. The van der Waals surface area contributed by atoms with E-state index in [9.17, 15) is 29.7 Å². The Hall–Kier alpha value is -4.55. The predicted molar refractivity (Wildman–Crippen MR) is 221 cm³/mol. The molecule has 11 heteroatoms. The number of hydrogen-bond donors (Lipinski definition) is 3. The molecule has 0 aliphatic carbocycles. The van der Waals surface area contributed by atoms with Crippen molar-refractivity contribution in [2.45, 2.75) is 71.4 Å². The molecule has 0 saturated carbocycles. The van der Waals surface area contributed by atoms with Crippen LogP contribution in [0.2, 0.25) is 0 Å². The molecule has 0 radical (unpaired) electrons. The molecule has 56 heavy (non-hydrogen) atoms. The fourth-order valence-electron chi connectivity index (χ4n) is 7.90. The quantitative estimate of drug-likeness (QED) is 0.0954. The van der Waals surface area contributed by atoms with Crippen molar-refractivity contribution in [2.75, 3.05) is 72.1 Å². The van der Waals surface area contributed by atoms with E-state index in [2.05, 4.69) is 90.4 Å². The first kappa shape index (κ1) is 42.6. The van der Waals surface area contributed by atoms with E-state index in [0.717, 1.165) is 92.7 Å². The fraction of sp³-hybridized carbons (Fsp3) is 0.489. The molecule has 3 N–H and O–H groups in total. The molecule has 2 aliphatic rings. The Morgan fingerprint density at radius 3 is 2.02 bits per heavy atom. The number of ether oxygens (including phenoxy) is 1. The Morgan fingerprint density at radius 2 is 1.36 bits per heavy atom. The SMILES string of the molecule is Cc1cc(CN2CCCC[C@H]2C(=O)O)c(OCCCCCCN2CCN(CC(=O)O)CCN(CC(=O)O)CC2)cc1/C=C/c1cccc(-c2ccccc2)c1C. The maximum Gasteiger partial charge on any atom is 0.320 e. The number of piperidine rings is 1. The molecule has 0 bridgehead atoms. The van der Waals surface area contributed by atoms with E-state index in [1.54, 1.807) is 0 Å². The number of rotatable bonds is 18. The Balaban J connectivity index is 1.21. The molecule has 2 saturated heterocycles. The maximum atomic E-state index is 12.1. The highest BCUT2D eigenvalue weighted by Crippen LogP contribution is 2.31. The van der Waals surface area contributed by atoms with Crippen LogP contribution < -0.4 is 4.74 Å². The van der Waals surface area contributed by atoms with Gasteiger partial charge in [0.1, 0.15) is 11.8 Å². The first-order valence-electron chi connectivity index (χ1n) is 20.2. The molecule has 3 aromatic carbocycles. The number of benzene rings is 3. The Bertz CT molecular complexity index is 1750. The lowest BCUT2D eigenvalue weighted by Crippen LogP contribution is -2.44. The summed E-state index contributed by atoms with van der Waals surface area (Å²) in [6, 6.07) is 20.6. The van der Waals surface area contributed by atoms with Crippen molar-refractivity contribution in [3.05, 3.63) is 88.5 Å². The normalized spacial score (nSPS) is 18.0. The fourth-order valence-corrected chi connectivity index (χ4v) is 7.90. The Kier molecular flexibility index (Phi) is 16.5. The summed E-state index contributed by atoms with van der Waals surface area (Å²) in [5, 5.41) is 28.7. The van der Waals surface area contributed by atoms with E-state index in [-0.39, 0.29) is 13.1 Å². The molecule has 0 spiro atoms. The second-order valence-corrected chi connectivity index (χ2v) is 15.3. The standard InChI is InChI=1S/C45H60N4O7/c1-34-29-39(31-49-21-10-8-17-41(49)45(54)55)42(30-38(34)19-18-36-15-12-16-40(35(36)2)37-13-6-5-7-14-37)56-28-11-4-3-9-20-46-22-24-47(32-43(50)51)26-27-48(25-23-46)33-44(52)53/h5-7,12-16,18-19,29-30,41H,3-4,8-11,17,20-28,31-33H2,1-2H3,(H,50,51)(H,52,53)(H,54,55)/b19-18+/t41-/m0/s1. The monoisotopic (exact) mass is 768 g/mol. The molecular weight excluding hydrogens is 709 g/mol. The number of nitrogens with zero attached hydrogens (tertiary/aromatic N) is 4. The summed E-state index contributed by atoms with van der Waals surface area (Å²) in [6.45, 7) is 10.7. The molecule has 1 atom stereocenters. The van der Waals surface area contributed by atoms with Crippen molar-refractivity contribution in [3.63, 3.8) is 0 Å². The summed E-state index contributed by atoms with van der Waals surface area (Å²) in [5.74, 6) is -1.71. The van der Waals surface area contributed by atoms with Crippen LogP contribution in [0.1, 0.15) is 72.8 Å². The van der Waals surface area contributed by atoms with Crippen molar-refractivity contribution in [3.8, 4) is 16.9 Å². The minimum absolute atomic E-state index is 0.0459. The van der Waals surface area contributed by atoms with E-state index in [1.165, 1.54) is 16.7 Å². The van der Waals surface area contributed by atoms with Crippen molar-refractivity contribution < 1.29 is 34.4 Å². The second-order valence-electron chi connectivity index (χ2n) is 15.3. The number of unbranched alkanes of at least 4 members (excludes halogenated alkanes) is 3. The van der Waals surface area contributed by atoms with Crippen molar-refractivity contribution in [2.24, 2.45) is 0 Å². The summed E-state index contributed by atoms with van der Waals surface area (Å²) in [7, 11) is 0. The summed E-state index contributed by atoms with van der Waals surface area (Å²) in [5.41, 5.74) is 7.95. The zero-order chi connectivity index (χ0) is 39.9. The average Bonchev–Trinajstić information content (AvgIpc) is 3.26. The zero-order valence-electron chi connectivity index (χ0n) is 33.2. The zero-order valence-corrected chi connectivity index (χ0v) is 33.2. The van der Waals surface area contributed by atoms with Crippen LogP contribution in [0.15, 0.2) is 60.7 Å². The first-order chi connectivity index (χ1) is 27.1. The van der Waals surface area contributed by atoms with Gasteiger partial charge in [0.2, 0.25) is 0 Å². The maximum absolute atomic E-state index is 12.1. The molecule has 0 unspecified atom stereocenters. The van der Waals surface area contributed by atoms with Crippen LogP contribution >= 0.6 is 0 Å². The third-order valence-electron chi connectivity index (χ3n) is 11.2. The van der Waals surface area contributed by atoms with Crippen LogP contribution in [-0.2, 0) is 20.9 Å². The van der Waals surface area contributed by atoms with E-state index >= 15 is 0 Å². The van der Waals surface area contributed by atoms with E-state index in [4.69, 9.17) is 4.74 Å². The molecular formula is C45H60N4O7. The smallest absolute Gasteiger partial charge is 0.320 e. The van der Waals surface area contributed by atoms with Gasteiger partial charge in [0.25, 0.3) is 0 Å². The average molecular weight is 769 g/mol. The Labute approximate surface area is 332 Å². The lowest BCUT2D eigenvalue weighted by molar-refractivity contribution is -0.145. The number of likely N-dealkylation sites (tertiary alicyclic amines) is 1. The number of hydrogen-bond acceptors (Lipinski definition) is 8. The molecule has 11 nitrogen and oxygen atoms in total. The molecule has 5 rings (SSSR count). The van der Waals surface area contributed by atoms with E-state index in [0.29, 0.717) is 45.8 Å². The van der Waals surface area contributed by atoms with E-state index < -0.39 is 23.9 Å². The van der Waals surface area contributed by atoms with Gasteiger partial charge in [-0.1, -0.05) is 86.0 Å². The summed E-state index contributed by atoms with van der Waals surface area (Å²) < 4.78 is 6.53. The van der Waals surface area contributed by atoms with Crippen LogP contribution in [0, 0.1) is 13.8 Å². The molecule has 3 aromatic rings. The molecule has 0 amide bonds. The van der Waals surface area contributed by atoms with Crippen molar-refractivity contribution >= 4 is 30.1 Å². The highest BCUT2D eigenvalue weighted by atomic mass is 16.5. The molecule has 2 heterocycles. The van der Waals surface area contributed by atoms with Gasteiger partial charge in [-0.15, -0.1) is 0 Å². The number of aliphatic carboxylic acids is 3. The van der Waals surface area contributed by atoms with Gasteiger partial charge in [-0.3, -0.25) is 29.1 Å². The lowest BCUT2D eigenvalue weighted by Gasteiger charge is -2.33. The van der Waals surface area contributed by atoms with Crippen molar-refractivity contribution in [1.29, 1.82) is 0 Å². The van der Waals surface area contributed by atoms with Gasteiger partial charge in [-0.2, -0.15) is 0 Å². The van der Waals surface area contributed by atoms with Crippen LogP contribution in [0.3, 0.4) is 0 Å². The van der Waals surface area contributed by atoms with E-state index in [1.807, 2.05) is 15.9 Å². The molecule has 302 valence electrons. The summed E-state index contributed by atoms with van der Waals surface area (Å²) in [4.78, 5) is 43.1. The van der Waals surface area contributed by atoms with Gasteiger partial charge in [0.15, 0.2) is 0 Å². The molecule has 2 fully saturated rings. The van der Waals surface area contributed by atoms with Gasteiger partial charge >= 0.3 is 17.9 Å². The van der Waals surface area contributed by atoms with Gasteiger partial charge in [-0.05, 0) is 92.1 Å². The third-order valence-corrected chi connectivity index (χ3v) is 11.2. The predicted octanol–water partition coefficient (Wildman–Crippen LogP) is 6.61. The largest absolute Gasteiger partial charge is 0.493 e. The van der Waals surface area contributed by atoms with Crippen LogP contribution in [0.5, 0.6) is 5.75 Å². The van der Waals surface area contributed by atoms with Gasteiger partial charge in [-0.25, -0.2) is 0 Å². The minimum atomic E-state index is -0.871.